The number of hydrogen-bond donors (Lipinski definition) is 2. The lowest BCUT2D eigenvalue weighted by Gasteiger charge is -2.06. The molecule has 0 unspecified atom stereocenters. The quantitative estimate of drug-likeness (QED) is 0.828. The molecule has 3 rings (SSSR count). The monoisotopic (exact) mass is 352 g/mol. The number of imide groups is 1. The minimum absolute atomic E-state index is 0.164. The summed E-state index contributed by atoms with van der Waals surface area (Å²) in [5.74, 6) is -0.558. The van der Waals surface area contributed by atoms with Gasteiger partial charge in [0.25, 0.3) is 17.1 Å². The number of benzene rings is 2. The highest BCUT2D eigenvalue weighted by molar-refractivity contribution is 8.18. The molecular weight excluding hydrogens is 336 g/mol. The first-order valence-corrected chi connectivity index (χ1v) is 8.51. The second kappa shape index (κ2) is 7.36. The van der Waals surface area contributed by atoms with Gasteiger partial charge in [0, 0.05) is 12.1 Å². The summed E-state index contributed by atoms with van der Waals surface area (Å²) in [6.45, 7) is 2.48. The lowest BCUT2D eigenvalue weighted by atomic mass is 10.1. The number of carbonyl (C=O) groups is 3. The summed E-state index contributed by atoms with van der Waals surface area (Å²) < 4.78 is 0. The summed E-state index contributed by atoms with van der Waals surface area (Å²) >= 11 is 0.868. The van der Waals surface area contributed by atoms with Crippen molar-refractivity contribution in [3.63, 3.8) is 0 Å². The Balaban J connectivity index is 1.62. The Labute approximate surface area is 149 Å². The van der Waals surface area contributed by atoms with Crippen molar-refractivity contribution in [1.29, 1.82) is 0 Å². The van der Waals surface area contributed by atoms with Crippen molar-refractivity contribution >= 4 is 34.9 Å². The van der Waals surface area contributed by atoms with Crippen molar-refractivity contribution in [2.24, 2.45) is 0 Å². The third kappa shape index (κ3) is 4.36. The van der Waals surface area contributed by atoms with Crippen molar-refractivity contribution < 1.29 is 14.4 Å². The van der Waals surface area contributed by atoms with E-state index in [9.17, 15) is 14.4 Å². The van der Waals surface area contributed by atoms with Gasteiger partial charge in [0.1, 0.15) is 0 Å². The number of hydrogen-bond acceptors (Lipinski definition) is 4. The molecule has 1 saturated heterocycles. The molecule has 0 spiro atoms. The number of nitrogens with one attached hydrogen (secondary N) is 2. The molecule has 2 aromatic carbocycles. The predicted molar refractivity (Wildman–Crippen MR) is 97.9 cm³/mol. The highest BCUT2D eigenvalue weighted by Crippen LogP contribution is 2.25. The van der Waals surface area contributed by atoms with Crippen molar-refractivity contribution in [3.05, 3.63) is 75.7 Å². The SMILES string of the molecule is Cc1ccc(CNC(=O)c2ccc(/C=C3\SC(=O)NC3=O)cc2)cc1. The van der Waals surface area contributed by atoms with E-state index in [1.54, 1.807) is 30.3 Å². The molecule has 0 aliphatic carbocycles. The Hall–Kier alpha value is -2.86. The van der Waals surface area contributed by atoms with Crippen molar-refractivity contribution in [3.8, 4) is 0 Å². The van der Waals surface area contributed by atoms with Gasteiger partial charge in [-0.2, -0.15) is 0 Å². The van der Waals surface area contributed by atoms with Gasteiger partial charge >= 0.3 is 0 Å². The summed E-state index contributed by atoms with van der Waals surface area (Å²) in [6, 6.07) is 14.8. The fourth-order valence-electron chi connectivity index (χ4n) is 2.29. The van der Waals surface area contributed by atoms with E-state index in [-0.39, 0.29) is 11.1 Å². The maximum Gasteiger partial charge on any atom is 0.290 e. The van der Waals surface area contributed by atoms with Gasteiger partial charge in [0.15, 0.2) is 0 Å². The second-order valence-corrected chi connectivity index (χ2v) is 6.66. The third-order valence-electron chi connectivity index (χ3n) is 3.69. The molecule has 2 aromatic rings. The Morgan fingerprint density at radius 1 is 1.08 bits per heavy atom. The van der Waals surface area contributed by atoms with Crippen LogP contribution in [0.2, 0.25) is 0 Å². The van der Waals surface area contributed by atoms with Crippen LogP contribution in [0.1, 0.15) is 27.0 Å². The van der Waals surface area contributed by atoms with E-state index in [2.05, 4.69) is 10.6 Å². The number of rotatable bonds is 4. The largest absolute Gasteiger partial charge is 0.348 e. The standard InChI is InChI=1S/C19H16N2O3S/c1-12-2-4-14(5-3-12)11-20-17(22)15-8-6-13(7-9-15)10-16-18(23)21-19(24)25-16/h2-10H,11H2,1H3,(H,20,22)(H,21,23,24)/b16-10-. The molecule has 1 heterocycles. The van der Waals surface area contributed by atoms with Gasteiger partial charge in [0.2, 0.25) is 0 Å². The molecule has 6 heteroatoms. The maximum atomic E-state index is 12.2. The van der Waals surface area contributed by atoms with Gasteiger partial charge in [-0.25, -0.2) is 0 Å². The number of thioether (sulfide) groups is 1. The Morgan fingerprint density at radius 3 is 2.36 bits per heavy atom. The molecule has 5 nitrogen and oxygen atoms in total. The zero-order valence-corrected chi connectivity index (χ0v) is 14.4. The van der Waals surface area contributed by atoms with Crippen molar-refractivity contribution in [2.75, 3.05) is 0 Å². The molecule has 25 heavy (non-hydrogen) atoms. The van der Waals surface area contributed by atoms with E-state index in [4.69, 9.17) is 0 Å². The molecule has 3 amide bonds. The van der Waals surface area contributed by atoms with Gasteiger partial charge in [0.05, 0.1) is 4.91 Å². The van der Waals surface area contributed by atoms with E-state index in [1.165, 1.54) is 5.56 Å². The zero-order chi connectivity index (χ0) is 17.8. The topological polar surface area (TPSA) is 75.3 Å². The minimum Gasteiger partial charge on any atom is -0.348 e. The maximum absolute atomic E-state index is 12.2. The van der Waals surface area contributed by atoms with Gasteiger partial charge in [-0.05, 0) is 48.0 Å². The molecule has 0 atom stereocenters. The molecule has 0 radical (unpaired) electrons. The van der Waals surface area contributed by atoms with Crippen LogP contribution < -0.4 is 10.6 Å². The van der Waals surface area contributed by atoms with Crippen LogP contribution >= 0.6 is 11.8 Å². The van der Waals surface area contributed by atoms with Gasteiger partial charge < -0.3 is 5.32 Å². The second-order valence-electron chi connectivity index (χ2n) is 5.64. The van der Waals surface area contributed by atoms with Crippen molar-refractivity contribution in [1.82, 2.24) is 10.6 Å². The van der Waals surface area contributed by atoms with Gasteiger partial charge in [-0.15, -0.1) is 0 Å². The molecular formula is C19H16N2O3S. The molecule has 1 aliphatic heterocycles. The first kappa shape index (κ1) is 17.0. The van der Waals surface area contributed by atoms with E-state index in [0.717, 1.165) is 22.9 Å². The smallest absolute Gasteiger partial charge is 0.290 e. The lowest BCUT2D eigenvalue weighted by molar-refractivity contribution is -0.115. The highest BCUT2D eigenvalue weighted by atomic mass is 32.2. The fraction of sp³-hybridized carbons (Fsp3) is 0.105. The number of amides is 3. The van der Waals surface area contributed by atoms with Crippen LogP contribution in [0.3, 0.4) is 0 Å². The summed E-state index contributed by atoms with van der Waals surface area (Å²) in [5, 5.41) is 4.71. The number of aryl methyl sites for hydroxylation is 1. The molecule has 2 N–H and O–H groups in total. The Morgan fingerprint density at radius 2 is 1.76 bits per heavy atom. The normalized spacial score (nSPS) is 15.3. The summed E-state index contributed by atoms with van der Waals surface area (Å²) in [5.41, 5.74) is 3.50. The van der Waals surface area contributed by atoms with Gasteiger partial charge in [-0.3, -0.25) is 19.7 Å². The summed E-state index contributed by atoms with van der Waals surface area (Å²) in [7, 11) is 0. The molecule has 1 fully saturated rings. The number of carbonyl (C=O) groups excluding carboxylic acids is 3. The Bertz CT molecular complexity index is 855. The van der Waals surface area contributed by atoms with E-state index >= 15 is 0 Å². The first-order valence-electron chi connectivity index (χ1n) is 7.70. The lowest BCUT2D eigenvalue weighted by Crippen LogP contribution is -2.22. The zero-order valence-electron chi connectivity index (χ0n) is 13.5. The van der Waals surface area contributed by atoms with Crippen LogP contribution in [0, 0.1) is 6.92 Å². The van der Waals surface area contributed by atoms with Crippen molar-refractivity contribution in [2.45, 2.75) is 13.5 Å². The highest BCUT2D eigenvalue weighted by Gasteiger charge is 2.24. The van der Waals surface area contributed by atoms with Crippen LogP contribution in [0.4, 0.5) is 4.79 Å². The van der Waals surface area contributed by atoms with E-state index in [1.807, 2.05) is 31.2 Å². The summed E-state index contributed by atoms with van der Waals surface area (Å²) in [4.78, 5) is 35.2. The molecule has 126 valence electrons. The predicted octanol–water partition coefficient (Wildman–Crippen LogP) is 3.25. The fourth-order valence-corrected chi connectivity index (χ4v) is 2.98. The van der Waals surface area contributed by atoms with E-state index < -0.39 is 5.91 Å². The van der Waals surface area contributed by atoms with E-state index in [0.29, 0.717) is 17.0 Å². The third-order valence-corrected chi connectivity index (χ3v) is 4.50. The van der Waals surface area contributed by atoms with Crippen LogP contribution in [0.25, 0.3) is 6.08 Å². The van der Waals surface area contributed by atoms with Crippen LogP contribution in [0.5, 0.6) is 0 Å². The molecule has 0 saturated carbocycles. The van der Waals surface area contributed by atoms with Crippen LogP contribution in [-0.4, -0.2) is 17.1 Å². The Kier molecular flexibility index (Phi) is 5.00. The first-order chi connectivity index (χ1) is 12.0. The molecule has 0 aromatic heterocycles. The minimum atomic E-state index is -0.394. The average Bonchev–Trinajstić information content (AvgIpc) is 2.92. The summed E-state index contributed by atoms with van der Waals surface area (Å²) in [6.07, 6.45) is 1.62. The molecule has 0 bridgehead atoms. The molecule has 1 aliphatic rings. The van der Waals surface area contributed by atoms with Crippen LogP contribution in [-0.2, 0) is 11.3 Å². The van der Waals surface area contributed by atoms with Crippen LogP contribution in [0.15, 0.2) is 53.4 Å². The van der Waals surface area contributed by atoms with Gasteiger partial charge in [-0.1, -0.05) is 42.0 Å². The average molecular weight is 352 g/mol.